The molecule has 2 aliphatic rings. The number of aliphatic hydroxyl groups is 3. The second kappa shape index (κ2) is 9.53. The van der Waals surface area contributed by atoms with E-state index in [1.165, 1.54) is 0 Å². The van der Waals surface area contributed by atoms with E-state index < -0.39 is 48.2 Å². The number of carbonyl (C=O) groups excluding carboxylic acids is 1. The Kier molecular flexibility index (Phi) is 6.16. The van der Waals surface area contributed by atoms with Crippen LogP contribution in [0.25, 0.3) is 10.8 Å². The molecule has 0 radical (unpaired) electrons. The molecule has 3 N–H and O–H groups in total. The van der Waals surface area contributed by atoms with Crippen molar-refractivity contribution in [2.75, 3.05) is 0 Å². The lowest BCUT2D eigenvalue weighted by molar-refractivity contribution is -0.375. The van der Waals surface area contributed by atoms with Crippen molar-refractivity contribution in [2.24, 2.45) is 0 Å². The highest BCUT2D eigenvalue weighted by atomic mass is 16.7. The largest absolute Gasteiger partial charge is 0.482 e. The monoisotopic (exact) mass is 512 g/mol. The van der Waals surface area contributed by atoms with Gasteiger partial charge in [-0.2, -0.15) is 0 Å². The Morgan fingerprint density at radius 3 is 2.26 bits per heavy atom. The van der Waals surface area contributed by atoms with Gasteiger partial charge in [0.05, 0.1) is 11.7 Å². The summed E-state index contributed by atoms with van der Waals surface area (Å²) in [4.78, 5) is 13.1. The summed E-state index contributed by atoms with van der Waals surface area (Å²) in [5.41, 5.74) is -0.0586. The number of fused-ring (bicyclic) bond motifs is 2. The Balaban J connectivity index is 1.46. The summed E-state index contributed by atoms with van der Waals surface area (Å²) in [6.07, 6.45) is -6.56. The molecular weight excluding hydrogens is 484 g/mol. The number of aliphatic hydroxyl groups excluding tert-OH is 2. The highest BCUT2D eigenvalue weighted by Gasteiger charge is 2.73. The molecule has 4 aromatic rings. The van der Waals surface area contributed by atoms with E-state index in [0.717, 1.165) is 16.3 Å². The van der Waals surface area contributed by atoms with Crippen molar-refractivity contribution < 1.29 is 34.3 Å². The number of aryl methyl sites for hydroxylation is 1. The third-order valence-electron chi connectivity index (χ3n) is 7.66. The summed E-state index contributed by atoms with van der Waals surface area (Å²) in [7, 11) is 0. The molecule has 0 amide bonds. The van der Waals surface area contributed by atoms with E-state index in [1.807, 2.05) is 61.5 Å². The van der Waals surface area contributed by atoms with Crippen molar-refractivity contribution in [2.45, 2.75) is 49.1 Å². The maximum atomic E-state index is 13.1. The summed E-state index contributed by atoms with van der Waals surface area (Å²) >= 11 is 0. The van der Waals surface area contributed by atoms with Gasteiger partial charge < -0.3 is 29.5 Å². The highest BCUT2D eigenvalue weighted by molar-refractivity contribution is 5.90. The molecule has 7 nitrogen and oxygen atoms in total. The van der Waals surface area contributed by atoms with Crippen LogP contribution in [0, 0.1) is 6.92 Å². The van der Waals surface area contributed by atoms with Crippen LogP contribution >= 0.6 is 0 Å². The Morgan fingerprint density at radius 1 is 0.868 bits per heavy atom. The van der Waals surface area contributed by atoms with Crippen LogP contribution in [0.1, 0.15) is 27.4 Å². The average Bonchev–Trinajstić information content (AvgIpc) is 2.94. The maximum absolute atomic E-state index is 13.1. The molecule has 6 rings (SSSR count). The van der Waals surface area contributed by atoms with Gasteiger partial charge in [0.25, 0.3) is 0 Å². The molecule has 0 bridgehead atoms. The molecule has 1 heterocycles. The molecule has 7 atom stereocenters. The quantitative estimate of drug-likeness (QED) is 0.350. The fourth-order valence-corrected chi connectivity index (χ4v) is 5.76. The van der Waals surface area contributed by atoms with Crippen molar-refractivity contribution in [3.63, 3.8) is 0 Å². The van der Waals surface area contributed by atoms with E-state index in [-0.39, 0.29) is 5.56 Å². The second-order valence-corrected chi connectivity index (χ2v) is 9.92. The van der Waals surface area contributed by atoms with Gasteiger partial charge in [0.15, 0.2) is 18.5 Å². The minimum absolute atomic E-state index is 0.280. The van der Waals surface area contributed by atoms with Gasteiger partial charge in [-0.25, -0.2) is 4.79 Å². The van der Waals surface area contributed by atoms with Crippen molar-refractivity contribution in [3.05, 3.63) is 114 Å². The van der Waals surface area contributed by atoms with Crippen molar-refractivity contribution >= 4 is 16.7 Å². The Morgan fingerprint density at radius 2 is 1.53 bits per heavy atom. The number of esters is 1. The van der Waals surface area contributed by atoms with Crippen LogP contribution < -0.4 is 4.74 Å². The number of hydrogen-bond acceptors (Lipinski definition) is 7. The lowest BCUT2D eigenvalue weighted by Crippen LogP contribution is -2.81. The van der Waals surface area contributed by atoms with Crippen molar-refractivity contribution in [1.29, 1.82) is 0 Å². The Bertz CT molecular complexity index is 1460. The zero-order chi connectivity index (χ0) is 26.4. The zero-order valence-electron chi connectivity index (χ0n) is 20.7. The molecule has 1 saturated heterocycles. The minimum Gasteiger partial charge on any atom is -0.482 e. The van der Waals surface area contributed by atoms with Crippen LogP contribution in [0.2, 0.25) is 0 Å². The van der Waals surface area contributed by atoms with Crippen LogP contribution in [-0.4, -0.2) is 57.6 Å². The predicted octanol–water partition coefficient (Wildman–Crippen LogP) is 3.73. The molecule has 0 aromatic heterocycles. The van der Waals surface area contributed by atoms with Gasteiger partial charge in [0, 0.05) is 11.3 Å². The Labute approximate surface area is 219 Å². The van der Waals surface area contributed by atoms with E-state index in [4.69, 9.17) is 14.2 Å². The Hall–Kier alpha value is -3.75. The fourth-order valence-electron chi connectivity index (χ4n) is 5.76. The number of ether oxygens (including phenoxy) is 3. The first-order valence-electron chi connectivity index (χ1n) is 12.6. The van der Waals surface area contributed by atoms with Gasteiger partial charge >= 0.3 is 5.97 Å². The van der Waals surface area contributed by atoms with Crippen LogP contribution in [0.15, 0.2) is 97.1 Å². The zero-order valence-corrected chi connectivity index (χ0v) is 20.7. The molecule has 2 fully saturated rings. The van der Waals surface area contributed by atoms with Crippen LogP contribution in [0.4, 0.5) is 0 Å². The van der Waals surface area contributed by atoms with Crippen LogP contribution in [0.3, 0.4) is 0 Å². The first-order chi connectivity index (χ1) is 18.4. The topological polar surface area (TPSA) is 105 Å². The van der Waals surface area contributed by atoms with Gasteiger partial charge in [0.2, 0.25) is 0 Å². The number of carbonyl (C=O) groups is 1. The second-order valence-electron chi connectivity index (χ2n) is 9.92. The molecule has 1 aliphatic carbocycles. The summed E-state index contributed by atoms with van der Waals surface area (Å²) < 4.78 is 18.0. The number of rotatable bonds is 5. The van der Waals surface area contributed by atoms with E-state index in [0.29, 0.717) is 11.3 Å². The molecule has 1 saturated carbocycles. The van der Waals surface area contributed by atoms with Gasteiger partial charge in [-0.05, 0) is 35.6 Å². The number of benzene rings is 4. The summed E-state index contributed by atoms with van der Waals surface area (Å²) in [5, 5.41) is 36.0. The van der Waals surface area contributed by atoms with Crippen molar-refractivity contribution in [1.82, 2.24) is 0 Å². The van der Waals surface area contributed by atoms with Gasteiger partial charge in [-0.3, -0.25) is 0 Å². The first-order valence-corrected chi connectivity index (χ1v) is 12.6. The lowest BCUT2D eigenvalue weighted by atomic mass is 9.57. The normalized spacial score (nSPS) is 30.2. The van der Waals surface area contributed by atoms with E-state index in [2.05, 4.69) is 0 Å². The predicted molar refractivity (Wildman–Crippen MR) is 140 cm³/mol. The van der Waals surface area contributed by atoms with Crippen LogP contribution in [-0.2, 0) is 9.47 Å². The lowest BCUT2D eigenvalue weighted by Gasteiger charge is -2.62. The minimum atomic E-state index is -1.81. The fraction of sp³-hybridized carbons (Fsp3) is 0.258. The average molecular weight is 513 g/mol. The maximum Gasteiger partial charge on any atom is 0.338 e. The SMILES string of the molecule is Cc1ccc2ccccc2c1O[C@@H]1[C@@H](OC(=O)c2ccccc2)[C@H](O)O[C@@H]2C(O)C(c3ccccc3)[C@@]21O. The van der Waals surface area contributed by atoms with Crippen LogP contribution in [0.5, 0.6) is 5.75 Å². The standard InChI is InChI=1S/C31H28O7/c1-18-16-17-19-10-8-9-15-22(19)25(18)36-28-26(37-29(33)21-13-6-3-7-14-21)30(34)38-27-24(32)23(31(27,28)35)20-11-4-2-5-12-20/h2-17,23-24,26-28,30,32,34-35H,1H3/t23?,24?,26-,27-,28-,30-,31-/m1/s1. The van der Waals surface area contributed by atoms with Gasteiger partial charge in [0.1, 0.15) is 17.5 Å². The molecule has 38 heavy (non-hydrogen) atoms. The smallest absolute Gasteiger partial charge is 0.338 e. The molecule has 4 aromatic carbocycles. The van der Waals surface area contributed by atoms with E-state index in [9.17, 15) is 20.1 Å². The molecule has 7 heteroatoms. The van der Waals surface area contributed by atoms with E-state index >= 15 is 0 Å². The number of hydrogen-bond donors (Lipinski definition) is 3. The molecule has 2 unspecified atom stereocenters. The third-order valence-corrected chi connectivity index (χ3v) is 7.66. The molecular formula is C31H28O7. The summed E-state index contributed by atoms with van der Waals surface area (Å²) in [6.45, 7) is 1.88. The highest BCUT2D eigenvalue weighted by Crippen LogP contribution is 2.55. The molecule has 0 spiro atoms. The van der Waals surface area contributed by atoms with Gasteiger partial charge in [-0.1, -0.05) is 84.9 Å². The van der Waals surface area contributed by atoms with Crippen molar-refractivity contribution in [3.8, 4) is 5.75 Å². The third kappa shape index (κ3) is 3.87. The summed E-state index contributed by atoms with van der Waals surface area (Å²) in [6, 6.07) is 29.0. The summed E-state index contributed by atoms with van der Waals surface area (Å²) in [5.74, 6) is -1.01. The first kappa shape index (κ1) is 24.6. The van der Waals surface area contributed by atoms with E-state index in [1.54, 1.807) is 42.5 Å². The van der Waals surface area contributed by atoms with Gasteiger partial charge in [-0.15, -0.1) is 0 Å². The molecule has 194 valence electrons. The molecule has 1 aliphatic heterocycles.